The third-order valence-corrected chi connectivity index (χ3v) is 6.17. The average Bonchev–Trinajstić information content (AvgIpc) is 3.39. The monoisotopic (exact) mass is 481 g/mol. The molecule has 2 heterocycles. The van der Waals surface area contributed by atoms with Gasteiger partial charge in [0.2, 0.25) is 5.13 Å². The number of hydrogen-bond donors (Lipinski definition) is 1. The number of rotatable bonds is 7. The quantitative estimate of drug-likeness (QED) is 0.307. The number of amides is 1. The molecule has 1 fully saturated rings. The lowest BCUT2D eigenvalue weighted by molar-refractivity contribution is -0.132. The Morgan fingerprint density at radius 1 is 1.06 bits per heavy atom. The third-order valence-electron chi connectivity index (χ3n) is 5.33. The van der Waals surface area contributed by atoms with Crippen LogP contribution in [0.25, 0.3) is 5.76 Å². The topological polar surface area (TPSA) is 111 Å². The number of carbonyl (C=O) groups excluding carboxylic acids is 2. The summed E-state index contributed by atoms with van der Waals surface area (Å²) in [6.07, 6.45) is 0. The van der Waals surface area contributed by atoms with E-state index in [0.717, 1.165) is 0 Å². The van der Waals surface area contributed by atoms with Gasteiger partial charge in [-0.05, 0) is 55.8 Å². The van der Waals surface area contributed by atoms with E-state index in [9.17, 15) is 14.7 Å². The van der Waals surface area contributed by atoms with Gasteiger partial charge in [0.05, 0.1) is 32.4 Å². The Bertz CT molecular complexity index is 1270. The van der Waals surface area contributed by atoms with E-state index in [-0.39, 0.29) is 16.5 Å². The van der Waals surface area contributed by atoms with Gasteiger partial charge in [0.25, 0.3) is 5.78 Å². The third kappa shape index (κ3) is 4.08. The molecular weight excluding hydrogens is 458 g/mol. The second-order valence-corrected chi connectivity index (χ2v) is 8.50. The molecular formula is C24H23N3O6S. The number of ether oxygens (including phenoxy) is 3. The summed E-state index contributed by atoms with van der Waals surface area (Å²) >= 11 is 1.18. The van der Waals surface area contributed by atoms with E-state index in [0.29, 0.717) is 40.0 Å². The fraction of sp³-hybridized carbons (Fsp3) is 0.250. The van der Waals surface area contributed by atoms with E-state index < -0.39 is 17.7 Å². The second-order valence-electron chi connectivity index (χ2n) is 7.34. The molecule has 0 bridgehead atoms. The minimum absolute atomic E-state index is 0.0609. The lowest BCUT2D eigenvalue weighted by atomic mass is 9.95. The SMILES string of the molecule is CCOc1ccc(C(O)=C2C(=O)C(=O)N(c3nnc(C)s3)[C@H]2c2ccc(OC)c(OC)c2)cc1. The van der Waals surface area contributed by atoms with Crippen molar-refractivity contribution in [3.05, 3.63) is 64.2 Å². The summed E-state index contributed by atoms with van der Waals surface area (Å²) in [7, 11) is 3.01. The first kappa shape index (κ1) is 23.2. The van der Waals surface area contributed by atoms with Gasteiger partial charge in [-0.15, -0.1) is 10.2 Å². The van der Waals surface area contributed by atoms with Crippen LogP contribution in [-0.4, -0.2) is 47.8 Å². The standard InChI is InChI=1S/C24H23N3O6S/c1-5-33-16-9-6-14(7-10-16)21(28)19-20(15-8-11-17(31-3)18(12-15)32-4)27(23(30)22(19)29)24-26-25-13(2)34-24/h6-12,20,28H,5H2,1-4H3/t20-/m0/s1. The number of aryl methyl sites for hydroxylation is 1. The molecule has 3 aromatic rings. The van der Waals surface area contributed by atoms with Crippen LogP contribution >= 0.6 is 11.3 Å². The zero-order valence-electron chi connectivity index (χ0n) is 19.1. The van der Waals surface area contributed by atoms with Gasteiger partial charge in [0.1, 0.15) is 16.5 Å². The molecule has 10 heteroatoms. The number of aliphatic hydroxyl groups is 1. The maximum atomic E-state index is 13.2. The highest BCUT2D eigenvalue weighted by atomic mass is 32.1. The Morgan fingerprint density at radius 2 is 1.76 bits per heavy atom. The molecule has 34 heavy (non-hydrogen) atoms. The minimum Gasteiger partial charge on any atom is -0.507 e. The van der Waals surface area contributed by atoms with Crippen molar-refractivity contribution in [3.63, 3.8) is 0 Å². The Hall–Kier alpha value is -3.92. The van der Waals surface area contributed by atoms with Crippen LogP contribution in [0, 0.1) is 6.92 Å². The molecule has 1 aliphatic heterocycles. The fourth-order valence-corrected chi connectivity index (χ4v) is 4.50. The number of carbonyl (C=O) groups is 2. The molecule has 0 unspecified atom stereocenters. The number of nitrogens with zero attached hydrogens (tertiary/aromatic N) is 3. The first-order valence-corrected chi connectivity index (χ1v) is 11.3. The van der Waals surface area contributed by atoms with Crippen LogP contribution in [-0.2, 0) is 9.59 Å². The van der Waals surface area contributed by atoms with Gasteiger partial charge in [-0.25, -0.2) is 0 Å². The molecule has 0 spiro atoms. The number of aliphatic hydroxyl groups excluding tert-OH is 1. The van der Waals surface area contributed by atoms with Gasteiger partial charge in [-0.3, -0.25) is 14.5 Å². The number of aromatic nitrogens is 2. The van der Waals surface area contributed by atoms with Crippen molar-refractivity contribution in [2.24, 2.45) is 0 Å². The van der Waals surface area contributed by atoms with Crippen molar-refractivity contribution in [2.45, 2.75) is 19.9 Å². The second kappa shape index (κ2) is 9.52. The van der Waals surface area contributed by atoms with Crippen LogP contribution in [0.1, 0.15) is 29.1 Å². The molecule has 1 atom stereocenters. The minimum atomic E-state index is -0.946. The maximum absolute atomic E-state index is 13.2. The highest BCUT2D eigenvalue weighted by molar-refractivity contribution is 7.15. The Kier molecular flexibility index (Phi) is 6.51. The Labute approximate surface area is 200 Å². The fourth-order valence-electron chi connectivity index (χ4n) is 3.78. The van der Waals surface area contributed by atoms with Crippen LogP contribution < -0.4 is 19.1 Å². The van der Waals surface area contributed by atoms with Gasteiger partial charge in [-0.1, -0.05) is 17.4 Å². The molecule has 1 aromatic heterocycles. The van der Waals surface area contributed by atoms with E-state index in [1.807, 2.05) is 6.92 Å². The lowest BCUT2D eigenvalue weighted by Gasteiger charge is -2.23. The Morgan fingerprint density at radius 3 is 2.35 bits per heavy atom. The number of benzene rings is 2. The zero-order valence-corrected chi connectivity index (χ0v) is 19.9. The molecule has 1 aliphatic rings. The number of anilines is 1. The van der Waals surface area contributed by atoms with Crippen LogP contribution in [0.2, 0.25) is 0 Å². The number of Topliss-reactive ketones (excluding diaryl/α,β-unsaturated/α-hetero) is 1. The Balaban J connectivity index is 1.91. The van der Waals surface area contributed by atoms with Crippen molar-refractivity contribution in [2.75, 3.05) is 25.7 Å². The number of ketones is 1. The van der Waals surface area contributed by atoms with Crippen molar-refractivity contribution in [1.82, 2.24) is 10.2 Å². The van der Waals surface area contributed by atoms with Crippen LogP contribution in [0.5, 0.6) is 17.2 Å². The molecule has 0 aliphatic carbocycles. The van der Waals surface area contributed by atoms with Crippen molar-refractivity contribution in [1.29, 1.82) is 0 Å². The highest BCUT2D eigenvalue weighted by Crippen LogP contribution is 2.44. The average molecular weight is 482 g/mol. The molecule has 1 amide bonds. The molecule has 0 saturated carbocycles. The van der Waals surface area contributed by atoms with E-state index in [1.165, 1.54) is 30.5 Å². The first-order valence-electron chi connectivity index (χ1n) is 10.5. The van der Waals surface area contributed by atoms with Gasteiger partial charge in [0, 0.05) is 5.56 Å². The molecule has 176 valence electrons. The summed E-state index contributed by atoms with van der Waals surface area (Å²) in [4.78, 5) is 27.6. The van der Waals surface area contributed by atoms with Crippen LogP contribution in [0.4, 0.5) is 5.13 Å². The summed E-state index contributed by atoms with van der Waals surface area (Å²) in [6.45, 7) is 4.12. The summed E-state index contributed by atoms with van der Waals surface area (Å²) in [5, 5.41) is 20.2. The van der Waals surface area contributed by atoms with Gasteiger partial charge < -0.3 is 19.3 Å². The summed E-state index contributed by atoms with van der Waals surface area (Å²) in [5.41, 5.74) is 0.854. The molecule has 4 rings (SSSR count). The molecule has 1 saturated heterocycles. The molecule has 0 radical (unpaired) electrons. The predicted molar refractivity (Wildman–Crippen MR) is 127 cm³/mol. The van der Waals surface area contributed by atoms with Crippen molar-refractivity contribution < 1.29 is 28.9 Å². The van der Waals surface area contributed by atoms with Crippen molar-refractivity contribution >= 4 is 33.9 Å². The highest BCUT2D eigenvalue weighted by Gasteiger charge is 2.48. The zero-order chi connectivity index (χ0) is 24.4. The maximum Gasteiger partial charge on any atom is 0.301 e. The van der Waals surface area contributed by atoms with Crippen molar-refractivity contribution in [3.8, 4) is 17.2 Å². The summed E-state index contributed by atoms with van der Waals surface area (Å²) < 4.78 is 16.2. The largest absolute Gasteiger partial charge is 0.507 e. The predicted octanol–water partition coefficient (Wildman–Crippen LogP) is 3.89. The lowest BCUT2D eigenvalue weighted by Crippen LogP contribution is -2.29. The first-order chi connectivity index (χ1) is 16.4. The number of methoxy groups -OCH3 is 2. The smallest absolute Gasteiger partial charge is 0.301 e. The molecule has 2 aromatic carbocycles. The van der Waals surface area contributed by atoms with Gasteiger partial charge in [-0.2, -0.15) is 0 Å². The van der Waals surface area contributed by atoms with E-state index >= 15 is 0 Å². The van der Waals surface area contributed by atoms with Crippen LogP contribution in [0.3, 0.4) is 0 Å². The summed E-state index contributed by atoms with van der Waals surface area (Å²) in [5.74, 6) is -0.394. The van der Waals surface area contributed by atoms with Crippen LogP contribution in [0.15, 0.2) is 48.0 Å². The normalized spacial score (nSPS) is 17.2. The van der Waals surface area contributed by atoms with Gasteiger partial charge in [0.15, 0.2) is 11.5 Å². The van der Waals surface area contributed by atoms with E-state index in [4.69, 9.17) is 14.2 Å². The van der Waals surface area contributed by atoms with E-state index in [1.54, 1.807) is 49.4 Å². The number of hydrogen-bond acceptors (Lipinski definition) is 9. The van der Waals surface area contributed by atoms with Gasteiger partial charge >= 0.3 is 5.91 Å². The van der Waals surface area contributed by atoms with E-state index in [2.05, 4.69) is 10.2 Å². The summed E-state index contributed by atoms with van der Waals surface area (Å²) in [6, 6.07) is 10.8. The molecule has 1 N–H and O–H groups in total. The molecule has 9 nitrogen and oxygen atoms in total.